The first-order valence-corrected chi connectivity index (χ1v) is 3.53. The van der Waals surface area contributed by atoms with Gasteiger partial charge in [-0.3, -0.25) is 5.41 Å². The van der Waals surface area contributed by atoms with Crippen LogP contribution in [0.25, 0.3) is 0 Å². The van der Waals surface area contributed by atoms with Crippen molar-refractivity contribution in [1.82, 2.24) is 0 Å². The Labute approximate surface area is 69.1 Å². The Balaban J connectivity index is 0. The Hall–Kier alpha value is -0.240. The molecular formula is C7H17ClN2. The average Bonchev–Trinajstić information content (AvgIpc) is 1.82. The van der Waals surface area contributed by atoms with E-state index in [0.29, 0.717) is 11.8 Å². The summed E-state index contributed by atoms with van der Waals surface area (Å²) >= 11 is 0. The molecule has 0 radical (unpaired) electrons. The van der Waals surface area contributed by atoms with Crippen LogP contribution in [-0.2, 0) is 0 Å². The number of hydrogen-bond acceptors (Lipinski definition) is 1. The van der Waals surface area contributed by atoms with E-state index in [2.05, 4.69) is 13.8 Å². The van der Waals surface area contributed by atoms with Gasteiger partial charge in [-0.15, -0.1) is 12.4 Å². The summed E-state index contributed by atoms with van der Waals surface area (Å²) in [6.07, 6.45) is 3.04. The summed E-state index contributed by atoms with van der Waals surface area (Å²) in [6, 6.07) is 0. The number of rotatable bonds is 4. The SMILES string of the molecule is CCC(CC)CC(=N)N.Cl. The van der Waals surface area contributed by atoms with Crippen molar-refractivity contribution >= 4 is 18.2 Å². The minimum atomic E-state index is 0. The highest BCUT2D eigenvalue weighted by atomic mass is 35.5. The number of nitrogens with two attached hydrogens (primary N) is 1. The molecule has 0 unspecified atom stereocenters. The predicted octanol–water partition coefficient (Wildman–Crippen LogP) is 2.17. The van der Waals surface area contributed by atoms with Gasteiger partial charge in [0.05, 0.1) is 5.84 Å². The first kappa shape index (κ1) is 12.4. The van der Waals surface area contributed by atoms with Gasteiger partial charge in [0.15, 0.2) is 0 Å². The van der Waals surface area contributed by atoms with Crippen molar-refractivity contribution in [3.05, 3.63) is 0 Å². The van der Waals surface area contributed by atoms with E-state index in [1.807, 2.05) is 0 Å². The van der Waals surface area contributed by atoms with Crippen LogP contribution in [0.4, 0.5) is 0 Å². The molecule has 0 saturated carbocycles. The molecule has 0 aliphatic heterocycles. The van der Waals surface area contributed by atoms with Gasteiger partial charge in [0.25, 0.3) is 0 Å². The lowest BCUT2D eigenvalue weighted by Crippen LogP contribution is -2.14. The first-order chi connectivity index (χ1) is 4.20. The molecule has 0 saturated heterocycles. The summed E-state index contributed by atoms with van der Waals surface area (Å²) in [7, 11) is 0. The lowest BCUT2D eigenvalue weighted by molar-refractivity contribution is 0.510. The van der Waals surface area contributed by atoms with Crippen LogP contribution in [0.15, 0.2) is 0 Å². The molecule has 2 nitrogen and oxygen atoms in total. The number of halogens is 1. The molecule has 0 aliphatic rings. The Morgan fingerprint density at radius 3 is 1.90 bits per heavy atom. The number of amidine groups is 1. The summed E-state index contributed by atoms with van der Waals surface area (Å²) in [5.74, 6) is 0.950. The summed E-state index contributed by atoms with van der Waals surface area (Å²) in [5, 5.41) is 7.01. The van der Waals surface area contributed by atoms with Crippen LogP contribution in [0.2, 0.25) is 0 Å². The lowest BCUT2D eigenvalue weighted by atomic mass is 9.99. The van der Waals surface area contributed by atoms with Crippen molar-refractivity contribution in [1.29, 1.82) is 5.41 Å². The third-order valence-corrected chi connectivity index (χ3v) is 1.66. The summed E-state index contributed by atoms with van der Waals surface area (Å²) in [4.78, 5) is 0. The van der Waals surface area contributed by atoms with E-state index in [0.717, 1.165) is 19.3 Å². The Bertz CT molecular complexity index is 89.6. The second kappa shape index (κ2) is 6.87. The van der Waals surface area contributed by atoms with Crippen molar-refractivity contribution in [2.24, 2.45) is 11.7 Å². The zero-order valence-electron chi connectivity index (χ0n) is 6.68. The van der Waals surface area contributed by atoms with E-state index in [4.69, 9.17) is 11.1 Å². The highest BCUT2D eigenvalue weighted by Gasteiger charge is 2.03. The van der Waals surface area contributed by atoms with Gasteiger partial charge in [-0.1, -0.05) is 26.7 Å². The minimum Gasteiger partial charge on any atom is -0.388 e. The van der Waals surface area contributed by atoms with Crippen LogP contribution in [-0.4, -0.2) is 5.84 Å². The molecule has 62 valence electrons. The van der Waals surface area contributed by atoms with E-state index < -0.39 is 0 Å². The van der Waals surface area contributed by atoms with E-state index >= 15 is 0 Å². The fraction of sp³-hybridized carbons (Fsp3) is 0.857. The molecule has 0 atom stereocenters. The Morgan fingerprint density at radius 2 is 1.80 bits per heavy atom. The second-order valence-corrected chi connectivity index (χ2v) is 2.41. The minimum absolute atomic E-state index is 0. The molecule has 3 N–H and O–H groups in total. The number of hydrogen-bond donors (Lipinski definition) is 2. The molecular weight excluding hydrogens is 148 g/mol. The first-order valence-electron chi connectivity index (χ1n) is 3.53. The maximum Gasteiger partial charge on any atom is 0.0908 e. The quantitative estimate of drug-likeness (QED) is 0.486. The topological polar surface area (TPSA) is 49.9 Å². The van der Waals surface area contributed by atoms with E-state index in [1.54, 1.807) is 0 Å². The van der Waals surface area contributed by atoms with E-state index in [-0.39, 0.29) is 12.4 Å². The molecule has 10 heavy (non-hydrogen) atoms. The lowest BCUT2D eigenvalue weighted by Gasteiger charge is -2.09. The third kappa shape index (κ3) is 5.89. The molecule has 0 amide bonds. The zero-order valence-corrected chi connectivity index (χ0v) is 7.50. The molecule has 0 heterocycles. The molecule has 0 aliphatic carbocycles. The van der Waals surface area contributed by atoms with Gasteiger partial charge in [-0.05, 0) is 5.92 Å². The van der Waals surface area contributed by atoms with Crippen LogP contribution in [0.1, 0.15) is 33.1 Å². The Morgan fingerprint density at radius 1 is 1.40 bits per heavy atom. The zero-order chi connectivity index (χ0) is 7.28. The summed E-state index contributed by atoms with van der Waals surface area (Å²) < 4.78 is 0. The molecule has 3 heteroatoms. The van der Waals surface area contributed by atoms with Gasteiger partial charge < -0.3 is 5.73 Å². The molecule has 0 fully saturated rings. The largest absolute Gasteiger partial charge is 0.388 e. The highest BCUT2D eigenvalue weighted by Crippen LogP contribution is 2.10. The summed E-state index contributed by atoms with van der Waals surface area (Å²) in [5.41, 5.74) is 5.23. The van der Waals surface area contributed by atoms with Crippen molar-refractivity contribution in [3.63, 3.8) is 0 Å². The van der Waals surface area contributed by atoms with Gasteiger partial charge >= 0.3 is 0 Å². The van der Waals surface area contributed by atoms with Gasteiger partial charge in [-0.25, -0.2) is 0 Å². The smallest absolute Gasteiger partial charge is 0.0908 e. The van der Waals surface area contributed by atoms with Gasteiger partial charge in [-0.2, -0.15) is 0 Å². The van der Waals surface area contributed by atoms with Crippen LogP contribution < -0.4 is 5.73 Å². The van der Waals surface area contributed by atoms with E-state index in [9.17, 15) is 0 Å². The Kier molecular flexibility index (Phi) is 8.55. The van der Waals surface area contributed by atoms with Crippen molar-refractivity contribution < 1.29 is 0 Å². The van der Waals surface area contributed by atoms with Crippen LogP contribution in [0.3, 0.4) is 0 Å². The van der Waals surface area contributed by atoms with Gasteiger partial charge in [0.2, 0.25) is 0 Å². The van der Waals surface area contributed by atoms with Gasteiger partial charge in [0, 0.05) is 6.42 Å². The fourth-order valence-corrected chi connectivity index (χ4v) is 0.888. The normalized spacial score (nSPS) is 9.10. The van der Waals surface area contributed by atoms with Crippen LogP contribution >= 0.6 is 12.4 Å². The van der Waals surface area contributed by atoms with Crippen LogP contribution in [0, 0.1) is 11.3 Å². The molecule has 0 aromatic heterocycles. The number of nitrogens with one attached hydrogen (secondary N) is 1. The monoisotopic (exact) mass is 164 g/mol. The predicted molar refractivity (Wildman–Crippen MR) is 47.9 cm³/mol. The van der Waals surface area contributed by atoms with Crippen LogP contribution in [0.5, 0.6) is 0 Å². The van der Waals surface area contributed by atoms with Crippen molar-refractivity contribution in [2.45, 2.75) is 33.1 Å². The van der Waals surface area contributed by atoms with Gasteiger partial charge in [0.1, 0.15) is 0 Å². The van der Waals surface area contributed by atoms with Crippen molar-refractivity contribution in [3.8, 4) is 0 Å². The van der Waals surface area contributed by atoms with Crippen molar-refractivity contribution in [2.75, 3.05) is 0 Å². The second-order valence-electron chi connectivity index (χ2n) is 2.41. The molecule has 0 aromatic carbocycles. The molecule has 0 rings (SSSR count). The fourth-order valence-electron chi connectivity index (χ4n) is 0.888. The third-order valence-electron chi connectivity index (χ3n) is 1.66. The standard InChI is InChI=1S/C7H16N2.ClH/c1-3-6(4-2)5-7(8)9;/h6H,3-5H2,1-2H3,(H3,8,9);1H. The molecule has 0 bridgehead atoms. The molecule has 0 spiro atoms. The maximum atomic E-state index is 7.01. The van der Waals surface area contributed by atoms with E-state index in [1.165, 1.54) is 0 Å². The highest BCUT2D eigenvalue weighted by molar-refractivity contribution is 5.85. The molecule has 0 aromatic rings. The summed E-state index contributed by atoms with van der Waals surface area (Å²) in [6.45, 7) is 4.27. The maximum absolute atomic E-state index is 7.01. The average molecular weight is 165 g/mol.